The Labute approximate surface area is 127 Å². The highest BCUT2D eigenvalue weighted by atomic mass is 15.1. The Kier molecular flexibility index (Phi) is 4.46. The minimum absolute atomic E-state index is 1.04. The van der Waals surface area contributed by atoms with Crippen LogP contribution in [0.2, 0.25) is 0 Å². The third-order valence-corrected chi connectivity index (χ3v) is 4.09. The van der Waals surface area contributed by atoms with Crippen LogP contribution >= 0.6 is 0 Å². The quantitative estimate of drug-likeness (QED) is 0.847. The first-order valence-electron chi connectivity index (χ1n) is 7.69. The average Bonchev–Trinajstić information content (AvgIpc) is 2.54. The molecule has 0 spiro atoms. The van der Waals surface area contributed by atoms with Gasteiger partial charge in [-0.3, -0.25) is 9.88 Å². The monoisotopic (exact) mass is 278 g/mol. The topological polar surface area (TPSA) is 16.1 Å². The van der Waals surface area contributed by atoms with Crippen molar-refractivity contribution < 1.29 is 0 Å². The van der Waals surface area contributed by atoms with Gasteiger partial charge in [-0.1, -0.05) is 42.0 Å². The van der Waals surface area contributed by atoms with Crippen molar-refractivity contribution in [2.45, 2.75) is 19.8 Å². The summed E-state index contributed by atoms with van der Waals surface area (Å²) in [5.41, 5.74) is 5.41. The molecule has 2 aromatic rings. The molecule has 2 heteroatoms. The van der Waals surface area contributed by atoms with E-state index in [0.717, 1.165) is 32.5 Å². The van der Waals surface area contributed by atoms with Gasteiger partial charge in [0.15, 0.2) is 0 Å². The summed E-state index contributed by atoms with van der Waals surface area (Å²) in [5, 5.41) is 0. The highest BCUT2D eigenvalue weighted by Gasteiger charge is 2.12. The zero-order chi connectivity index (χ0) is 14.5. The van der Waals surface area contributed by atoms with Crippen LogP contribution in [0.25, 0.3) is 5.57 Å². The zero-order valence-corrected chi connectivity index (χ0v) is 12.6. The summed E-state index contributed by atoms with van der Waals surface area (Å²) in [6.45, 7) is 5.45. The maximum Gasteiger partial charge on any atom is 0.0416 e. The third kappa shape index (κ3) is 3.79. The Morgan fingerprint density at radius 2 is 2.10 bits per heavy atom. The van der Waals surface area contributed by atoms with E-state index in [1.807, 2.05) is 12.3 Å². The fraction of sp³-hybridized carbons (Fsp3) is 0.316. The Hall–Kier alpha value is -1.93. The molecule has 0 saturated heterocycles. The van der Waals surface area contributed by atoms with E-state index in [0.29, 0.717) is 0 Å². The molecule has 0 fully saturated rings. The molecule has 0 radical (unpaired) electrons. The van der Waals surface area contributed by atoms with E-state index in [-0.39, 0.29) is 0 Å². The van der Waals surface area contributed by atoms with Crippen molar-refractivity contribution in [1.29, 1.82) is 0 Å². The largest absolute Gasteiger partial charge is 0.299 e. The summed E-state index contributed by atoms with van der Waals surface area (Å²) in [6.07, 6.45) is 6.44. The van der Waals surface area contributed by atoms with Crippen LogP contribution in [0.3, 0.4) is 0 Å². The summed E-state index contributed by atoms with van der Waals surface area (Å²) < 4.78 is 0. The van der Waals surface area contributed by atoms with Crippen molar-refractivity contribution in [2.24, 2.45) is 0 Å². The number of aromatic nitrogens is 1. The lowest BCUT2D eigenvalue weighted by molar-refractivity contribution is 0.305. The van der Waals surface area contributed by atoms with Crippen LogP contribution in [-0.4, -0.2) is 29.5 Å². The van der Waals surface area contributed by atoms with E-state index in [1.165, 1.54) is 22.4 Å². The van der Waals surface area contributed by atoms with Crippen LogP contribution in [0.4, 0.5) is 0 Å². The summed E-state index contributed by atoms with van der Waals surface area (Å²) in [6, 6.07) is 15.0. The van der Waals surface area contributed by atoms with Gasteiger partial charge in [0.2, 0.25) is 0 Å². The van der Waals surface area contributed by atoms with E-state index in [2.05, 4.69) is 59.3 Å². The zero-order valence-electron chi connectivity index (χ0n) is 12.6. The molecule has 2 heterocycles. The smallest absolute Gasteiger partial charge is 0.0416 e. The molecule has 0 aliphatic carbocycles. The van der Waals surface area contributed by atoms with Gasteiger partial charge in [0.05, 0.1) is 0 Å². The van der Waals surface area contributed by atoms with Crippen molar-refractivity contribution in [2.75, 3.05) is 19.6 Å². The van der Waals surface area contributed by atoms with Crippen LogP contribution in [0.15, 0.2) is 54.7 Å². The summed E-state index contributed by atoms with van der Waals surface area (Å²) in [4.78, 5) is 6.90. The van der Waals surface area contributed by atoms with Crippen LogP contribution in [0.1, 0.15) is 23.2 Å². The second-order valence-corrected chi connectivity index (χ2v) is 5.72. The molecule has 0 atom stereocenters. The lowest BCUT2D eigenvalue weighted by Gasteiger charge is -2.26. The predicted octanol–water partition coefficient (Wildman–Crippen LogP) is 3.72. The molecule has 0 saturated carbocycles. The first-order chi connectivity index (χ1) is 10.3. The molecule has 1 aliphatic rings. The van der Waals surface area contributed by atoms with Gasteiger partial charge in [-0.05, 0) is 36.6 Å². The molecule has 2 nitrogen and oxygen atoms in total. The molecular formula is C19H22N2. The molecule has 21 heavy (non-hydrogen) atoms. The Morgan fingerprint density at radius 1 is 1.14 bits per heavy atom. The second-order valence-electron chi connectivity index (χ2n) is 5.72. The first-order valence-corrected chi connectivity index (χ1v) is 7.69. The highest BCUT2D eigenvalue weighted by Crippen LogP contribution is 2.23. The number of hydrogen-bond donors (Lipinski definition) is 0. The van der Waals surface area contributed by atoms with Gasteiger partial charge >= 0.3 is 0 Å². The maximum atomic E-state index is 4.39. The van der Waals surface area contributed by atoms with E-state index >= 15 is 0 Å². The molecule has 0 amide bonds. The molecule has 1 aromatic heterocycles. The van der Waals surface area contributed by atoms with Crippen molar-refractivity contribution in [3.8, 4) is 0 Å². The maximum absolute atomic E-state index is 4.39. The molecular weight excluding hydrogens is 256 g/mol. The molecule has 0 bridgehead atoms. The minimum atomic E-state index is 1.04. The van der Waals surface area contributed by atoms with E-state index in [1.54, 1.807) is 0 Å². The first kappa shape index (κ1) is 14.0. The summed E-state index contributed by atoms with van der Waals surface area (Å²) in [7, 11) is 0. The van der Waals surface area contributed by atoms with Gasteiger partial charge in [-0.15, -0.1) is 0 Å². The summed E-state index contributed by atoms with van der Waals surface area (Å²) in [5.74, 6) is 0. The fourth-order valence-electron chi connectivity index (χ4n) is 2.84. The van der Waals surface area contributed by atoms with Crippen molar-refractivity contribution in [1.82, 2.24) is 9.88 Å². The van der Waals surface area contributed by atoms with Gasteiger partial charge in [-0.25, -0.2) is 0 Å². The van der Waals surface area contributed by atoms with Crippen molar-refractivity contribution >= 4 is 5.57 Å². The van der Waals surface area contributed by atoms with E-state index in [4.69, 9.17) is 0 Å². The molecule has 0 N–H and O–H groups in total. The average molecular weight is 278 g/mol. The molecule has 0 unspecified atom stereocenters. The number of hydrogen-bond acceptors (Lipinski definition) is 2. The van der Waals surface area contributed by atoms with Crippen molar-refractivity contribution in [3.05, 3.63) is 71.6 Å². The molecule has 1 aliphatic heterocycles. The number of pyridine rings is 1. The molecule has 1 aromatic carbocycles. The van der Waals surface area contributed by atoms with Crippen LogP contribution < -0.4 is 0 Å². The predicted molar refractivity (Wildman–Crippen MR) is 88.2 cm³/mol. The van der Waals surface area contributed by atoms with E-state index in [9.17, 15) is 0 Å². The Bertz CT molecular complexity index is 616. The standard InChI is InChI=1S/C19H22N2/c1-16-5-4-6-18(15-16)17-8-12-21(13-9-17)14-10-19-7-2-3-11-20-19/h2-8,11,15H,9-10,12-14H2,1H3. The molecule has 3 rings (SSSR count). The summed E-state index contributed by atoms with van der Waals surface area (Å²) >= 11 is 0. The number of benzene rings is 1. The van der Waals surface area contributed by atoms with Crippen molar-refractivity contribution in [3.63, 3.8) is 0 Å². The SMILES string of the molecule is Cc1cccc(C2=CCN(CCc3ccccn3)CC2)c1. The second kappa shape index (κ2) is 6.68. The lowest BCUT2D eigenvalue weighted by atomic mass is 9.98. The molecule has 108 valence electrons. The van der Waals surface area contributed by atoms with E-state index < -0.39 is 0 Å². The Balaban J connectivity index is 1.57. The lowest BCUT2D eigenvalue weighted by Crippen LogP contribution is -2.30. The fourth-order valence-corrected chi connectivity index (χ4v) is 2.84. The van der Waals surface area contributed by atoms with Gasteiger partial charge in [0.1, 0.15) is 0 Å². The number of aryl methyl sites for hydroxylation is 1. The minimum Gasteiger partial charge on any atom is -0.299 e. The van der Waals surface area contributed by atoms with Gasteiger partial charge in [0.25, 0.3) is 0 Å². The van der Waals surface area contributed by atoms with Crippen LogP contribution in [0.5, 0.6) is 0 Å². The Morgan fingerprint density at radius 3 is 2.81 bits per heavy atom. The van der Waals surface area contributed by atoms with Crippen LogP contribution in [0, 0.1) is 6.92 Å². The highest BCUT2D eigenvalue weighted by molar-refractivity contribution is 5.67. The normalized spacial score (nSPS) is 15.8. The van der Waals surface area contributed by atoms with Crippen LogP contribution in [-0.2, 0) is 6.42 Å². The van der Waals surface area contributed by atoms with Gasteiger partial charge in [0, 0.05) is 37.9 Å². The number of nitrogens with zero attached hydrogens (tertiary/aromatic N) is 2. The van der Waals surface area contributed by atoms with Gasteiger partial charge in [-0.2, -0.15) is 0 Å². The number of rotatable bonds is 4. The third-order valence-electron chi connectivity index (χ3n) is 4.09. The van der Waals surface area contributed by atoms with Gasteiger partial charge < -0.3 is 0 Å².